The molecule has 0 spiro atoms. The first kappa shape index (κ1) is 22.7. The van der Waals surface area contributed by atoms with Crippen molar-refractivity contribution in [3.05, 3.63) is 94.2 Å². The molecule has 2 aromatic heterocycles. The van der Waals surface area contributed by atoms with Crippen molar-refractivity contribution in [2.24, 2.45) is 5.92 Å². The van der Waals surface area contributed by atoms with E-state index in [4.69, 9.17) is 0 Å². The Morgan fingerprint density at radius 2 is 1.89 bits per heavy atom. The fourth-order valence-electron chi connectivity index (χ4n) is 4.45. The van der Waals surface area contributed by atoms with E-state index in [0.29, 0.717) is 48.7 Å². The van der Waals surface area contributed by atoms with Crippen LogP contribution in [0.5, 0.6) is 0 Å². The molecular formula is C27H26FN5O2. The summed E-state index contributed by atoms with van der Waals surface area (Å²) < 4.78 is 14.8. The van der Waals surface area contributed by atoms with Crippen LogP contribution in [0.3, 0.4) is 0 Å². The highest BCUT2D eigenvalue weighted by Gasteiger charge is 2.29. The van der Waals surface area contributed by atoms with Gasteiger partial charge >= 0.3 is 0 Å². The molecule has 35 heavy (non-hydrogen) atoms. The number of carbonyl (C=O) groups excluding carboxylic acids is 1. The lowest BCUT2D eigenvalue weighted by Crippen LogP contribution is -2.44. The van der Waals surface area contributed by atoms with Crippen molar-refractivity contribution in [2.75, 3.05) is 23.3 Å². The number of halogens is 1. The number of piperidine rings is 1. The van der Waals surface area contributed by atoms with Crippen molar-refractivity contribution in [3.63, 3.8) is 0 Å². The molecule has 1 unspecified atom stereocenters. The molecule has 2 aromatic carbocycles. The predicted octanol–water partition coefficient (Wildman–Crippen LogP) is 4.14. The minimum atomic E-state index is -0.356. The standard InChI is InChI=1S/C27H26FN5O2/c1-18-6-8-19(9-7-18)16-33-24-23(5-2-14-29-24)31-25(27(33)35)32-15-3-4-20(17-32)26(34)30-22-12-10-21(28)11-13-22/h2,5-14,20H,3-4,15-17H2,1H3,(H,30,34). The van der Waals surface area contributed by atoms with Gasteiger partial charge in [0.05, 0.1) is 12.5 Å². The van der Waals surface area contributed by atoms with E-state index in [1.165, 1.54) is 24.3 Å². The van der Waals surface area contributed by atoms with E-state index in [0.717, 1.165) is 17.5 Å². The van der Waals surface area contributed by atoms with Crippen LogP contribution in [0.25, 0.3) is 11.2 Å². The molecule has 1 saturated heterocycles. The number of benzene rings is 2. The minimum Gasteiger partial charge on any atom is -0.351 e. The fraction of sp³-hybridized carbons (Fsp3) is 0.259. The van der Waals surface area contributed by atoms with E-state index in [9.17, 15) is 14.0 Å². The third-order valence-corrected chi connectivity index (χ3v) is 6.35. The van der Waals surface area contributed by atoms with Gasteiger partial charge in [-0.3, -0.25) is 14.2 Å². The number of fused-ring (bicyclic) bond motifs is 1. The summed E-state index contributed by atoms with van der Waals surface area (Å²) in [6, 6.07) is 17.4. The lowest BCUT2D eigenvalue weighted by molar-refractivity contribution is -0.120. The average molecular weight is 472 g/mol. The summed E-state index contributed by atoms with van der Waals surface area (Å²) in [5, 5.41) is 2.86. The molecule has 4 aromatic rings. The molecule has 0 aliphatic carbocycles. The van der Waals surface area contributed by atoms with E-state index < -0.39 is 0 Å². The number of aryl methyl sites for hydroxylation is 1. The normalized spacial score (nSPS) is 15.8. The van der Waals surface area contributed by atoms with Gasteiger partial charge in [-0.25, -0.2) is 14.4 Å². The molecule has 1 amide bonds. The first-order valence-corrected chi connectivity index (χ1v) is 11.7. The topological polar surface area (TPSA) is 80.1 Å². The monoisotopic (exact) mass is 471 g/mol. The van der Waals surface area contributed by atoms with Crippen LogP contribution in [-0.2, 0) is 11.3 Å². The number of carbonyl (C=O) groups is 1. The molecule has 1 aliphatic heterocycles. The molecule has 7 nitrogen and oxygen atoms in total. The highest BCUT2D eigenvalue weighted by molar-refractivity contribution is 5.93. The number of hydrogen-bond acceptors (Lipinski definition) is 5. The first-order chi connectivity index (χ1) is 17.0. The second kappa shape index (κ2) is 9.66. The number of rotatable bonds is 5. The van der Waals surface area contributed by atoms with E-state index in [2.05, 4.69) is 15.3 Å². The predicted molar refractivity (Wildman–Crippen MR) is 134 cm³/mol. The van der Waals surface area contributed by atoms with Gasteiger partial charge < -0.3 is 10.2 Å². The maximum absolute atomic E-state index is 13.6. The van der Waals surface area contributed by atoms with E-state index in [-0.39, 0.29) is 23.2 Å². The molecule has 3 heterocycles. The SMILES string of the molecule is Cc1ccc(Cn2c(=O)c(N3CCCC(C(=O)Nc4ccc(F)cc4)C3)nc3cccnc32)cc1. The lowest BCUT2D eigenvalue weighted by atomic mass is 9.97. The Labute approximate surface area is 202 Å². The zero-order valence-corrected chi connectivity index (χ0v) is 19.4. The second-order valence-corrected chi connectivity index (χ2v) is 8.94. The van der Waals surface area contributed by atoms with E-state index in [1.807, 2.05) is 42.2 Å². The van der Waals surface area contributed by atoms with Gasteiger partial charge in [-0.15, -0.1) is 0 Å². The molecular weight excluding hydrogens is 445 g/mol. The molecule has 0 saturated carbocycles. The molecule has 8 heteroatoms. The van der Waals surface area contributed by atoms with Crippen LogP contribution in [0.1, 0.15) is 24.0 Å². The molecule has 178 valence electrons. The number of hydrogen-bond donors (Lipinski definition) is 1. The molecule has 5 rings (SSSR count). The van der Waals surface area contributed by atoms with Gasteiger partial charge in [0.25, 0.3) is 5.56 Å². The van der Waals surface area contributed by atoms with Crippen LogP contribution >= 0.6 is 0 Å². The van der Waals surface area contributed by atoms with Gasteiger partial charge in [-0.2, -0.15) is 0 Å². The summed E-state index contributed by atoms with van der Waals surface area (Å²) >= 11 is 0. The van der Waals surface area contributed by atoms with Crippen molar-refractivity contribution in [3.8, 4) is 0 Å². The van der Waals surface area contributed by atoms with Crippen molar-refractivity contribution >= 4 is 28.6 Å². The Morgan fingerprint density at radius 3 is 2.66 bits per heavy atom. The summed E-state index contributed by atoms with van der Waals surface area (Å²) in [5.74, 6) is -0.489. The van der Waals surface area contributed by atoms with Crippen molar-refractivity contribution < 1.29 is 9.18 Å². The van der Waals surface area contributed by atoms with Crippen molar-refractivity contribution in [1.29, 1.82) is 0 Å². The van der Waals surface area contributed by atoms with Crippen LogP contribution in [-0.4, -0.2) is 33.5 Å². The highest BCUT2D eigenvalue weighted by atomic mass is 19.1. The number of nitrogens with zero attached hydrogens (tertiary/aromatic N) is 4. The quantitative estimate of drug-likeness (QED) is 0.473. The number of pyridine rings is 1. The first-order valence-electron chi connectivity index (χ1n) is 11.7. The lowest BCUT2D eigenvalue weighted by Gasteiger charge is -2.32. The van der Waals surface area contributed by atoms with Crippen LogP contribution in [0, 0.1) is 18.7 Å². The summed E-state index contributed by atoms with van der Waals surface area (Å²) in [7, 11) is 0. The van der Waals surface area contributed by atoms with Gasteiger partial charge in [0.15, 0.2) is 11.5 Å². The van der Waals surface area contributed by atoms with Crippen LogP contribution in [0.4, 0.5) is 15.9 Å². The molecule has 1 atom stereocenters. The molecule has 0 radical (unpaired) electrons. The Morgan fingerprint density at radius 1 is 1.11 bits per heavy atom. The Kier molecular flexibility index (Phi) is 6.27. The van der Waals surface area contributed by atoms with Gasteiger partial charge in [-0.1, -0.05) is 29.8 Å². The van der Waals surface area contributed by atoms with Gasteiger partial charge in [0.1, 0.15) is 11.3 Å². The van der Waals surface area contributed by atoms with Crippen molar-refractivity contribution in [1.82, 2.24) is 14.5 Å². The Balaban J connectivity index is 1.44. The number of aromatic nitrogens is 3. The summed E-state index contributed by atoms with van der Waals surface area (Å²) in [5.41, 5.74) is 3.63. The summed E-state index contributed by atoms with van der Waals surface area (Å²) in [6.45, 7) is 3.42. The summed E-state index contributed by atoms with van der Waals surface area (Å²) in [4.78, 5) is 37.5. The minimum absolute atomic E-state index is 0.149. The third kappa shape index (κ3) is 4.91. The van der Waals surface area contributed by atoms with Crippen LogP contribution in [0.15, 0.2) is 71.7 Å². The second-order valence-electron chi connectivity index (χ2n) is 8.94. The largest absolute Gasteiger partial charge is 0.351 e. The van der Waals surface area contributed by atoms with Gasteiger partial charge in [0.2, 0.25) is 5.91 Å². The zero-order valence-electron chi connectivity index (χ0n) is 19.4. The van der Waals surface area contributed by atoms with Gasteiger partial charge in [0, 0.05) is 25.0 Å². The van der Waals surface area contributed by atoms with Gasteiger partial charge in [-0.05, 0) is 61.7 Å². The van der Waals surface area contributed by atoms with Crippen LogP contribution in [0.2, 0.25) is 0 Å². The maximum atomic E-state index is 13.6. The molecule has 0 bridgehead atoms. The molecule has 1 N–H and O–H groups in total. The maximum Gasteiger partial charge on any atom is 0.295 e. The number of amides is 1. The summed E-state index contributed by atoms with van der Waals surface area (Å²) in [6.07, 6.45) is 3.12. The molecule has 1 fully saturated rings. The van der Waals surface area contributed by atoms with Crippen LogP contribution < -0.4 is 15.8 Å². The Hall–Kier alpha value is -4.07. The Bertz CT molecular complexity index is 1420. The smallest absolute Gasteiger partial charge is 0.295 e. The van der Waals surface area contributed by atoms with E-state index >= 15 is 0 Å². The zero-order chi connectivity index (χ0) is 24.4. The average Bonchev–Trinajstić information content (AvgIpc) is 2.88. The van der Waals surface area contributed by atoms with Crippen molar-refractivity contribution in [2.45, 2.75) is 26.3 Å². The fourth-order valence-corrected chi connectivity index (χ4v) is 4.45. The third-order valence-electron chi connectivity index (χ3n) is 6.35. The number of anilines is 2. The number of nitrogens with one attached hydrogen (secondary N) is 1. The van der Waals surface area contributed by atoms with E-state index in [1.54, 1.807) is 16.8 Å². The molecule has 1 aliphatic rings. The highest BCUT2D eigenvalue weighted by Crippen LogP contribution is 2.23.